The third-order valence-corrected chi connectivity index (χ3v) is 4.44. The number of nitrogens with zero attached hydrogens (tertiary/aromatic N) is 2. The topological polar surface area (TPSA) is 91.8 Å². The molecule has 2 amide bonds. The third-order valence-electron chi connectivity index (χ3n) is 4.02. The average Bonchev–Trinajstić information content (AvgIpc) is 3.00. The first-order valence-electron chi connectivity index (χ1n) is 8.46. The van der Waals surface area contributed by atoms with Crippen molar-refractivity contribution in [2.75, 3.05) is 10.6 Å². The molecule has 0 atom stereocenters. The summed E-state index contributed by atoms with van der Waals surface area (Å²) in [5, 5.41) is 12.8. The van der Waals surface area contributed by atoms with Crippen LogP contribution in [-0.4, -0.2) is 20.8 Å². The molecule has 3 N–H and O–H groups in total. The molecule has 7 nitrogen and oxygen atoms in total. The number of carbonyl (C=O) groups excluding carboxylic acids is 1. The van der Waals surface area contributed by atoms with E-state index in [-0.39, 0.29) is 17.8 Å². The molecule has 0 aliphatic heterocycles. The minimum absolute atomic E-state index is 0.0423. The molecule has 0 aliphatic carbocycles. The van der Waals surface area contributed by atoms with Crippen LogP contribution in [0.4, 0.5) is 16.2 Å². The van der Waals surface area contributed by atoms with Crippen LogP contribution in [0.1, 0.15) is 25.5 Å². The zero-order valence-corrected chi connectivity index (χ0v) is 16.0. The van der Waals surface area contributed by atoms with E-state index < -0.39 is 0 Å². The van der Waals surface area contributed by atoms with E-state index in [1.54, 1.807) is 41.0 Å². The number of anilines is 2. The van der Waals surface area contributed by atoms with Crippen LogP contribution < -0.4 is 16.3 Å². The molecule has 0 saturated carbocycles. The van der Waals surface area contributed by atoms with Crippen LogP contribution in [0.15, 0.2) is 47.3 Å². The van der Waals surface area contributed by atoms with Crippen LogP contribution in [0.2, 0.25) is 5.02 Å². The van der Waals surface area contributed by atoms with Crippen molar-refractivity contribution in [3.05, 3.63) is 63.5 Å². The van der Waals surface area contributed by atoms with Crippen LogP contribution >= 0.6 is 11.6 Å². The second-order valence-electron chi connectivity index (χ2n) is 6.44. The lowest BCUT2D eigenvalue weighted by Crippen LogP contribution is -2.20. The van der Waals surface area contributed by atoms with Crippen molar-refractivity contribution < 1.29 is 4.79 Å². The van der Waals surface area contributed by atoms with Gasteiger partial charge in [-0.05, 0) is 56.7 Å². The maximum absolute atomic E-state index is 12.3. The minimum atomic E-state index is -0.378. The van der Waals surface area contributed by atoms with Crippen LogP contribution in [0.5, 0.6) is 0 Å². The predicted octanol–water partition coefficient (Wildman–Crippen LogP) is 4.43. The number of benzene rings is 2. The van der Waals surface area contributed by atoms with Crippen molar-refractivity contribution in [1.29, 1.82) is 0 Å². The Morgan fingerprint density at radius 2 is 1.85 bits per heavy atom. The van der Waals surface area contributed by atoms with E-state index in [9.17, 15) is 9.59 Å². The van der Waals surface area contributed by atoms with E-state index in [2.05, 4.69) is 20.8 Å². The van der Waals surface area contributed by atoms with Crippen LogP contribution in [0.25, 0.3) is 11.4 Å². The zero-order valence-electron chi connectivity index (χ0n) is 15.2. The van der Waals surface area contributed by atoms with Crippen LogP contribution in [0, 0.1) is 6.92 Å². The predicted molar refractivity (Wildman–Crippen MR) is 107 cm³/mol. The number of amides is 2. The second kappa shape index (κ2) is 7.67. The average molecular weight is 386 g/mol. The molecule has 8 heteroatoms. The molecule has 140 valence electrons. The Morgan fingerprint density at radius 3 is 2.52 bits per heavy atom. The van der Waals surface area contributed by atoms with E-state index in [0.29, 0.717) is 22.2 Å². The van der Waals surface area contributed by atoms with Gasteiger partial charge in [0, 0.05) is 28.0 Å². The van der Waals surface area contributed by atoms with Crippen molar-refractivity contribution in [3.63, 3.8) is 0 Å². The Hall–Kier alpha value is -3.06. The molecule has 0 fully saturated rings. The van der Waals surface area contributed by atoms with E-state index in [1.165, 1.54) is 0 Å². The van der Waals surface area contributed by atoms with E-state index in [1.807, 2.05) is 26.8 Å². The molecular formula is C19H20ClN5O2. The summed E-state index contributed by atoms with van der Waals surface area (Å²) < 4.78 is 1.57. The lowest BCUT2D eigenvalue weighted by Gasteiger charge is -2.11. The summed E-state index contributed by atoms with van der Waals surface area (Å²) in [7, 11) is 0. The highest BCUT2D eigenvalue weighted by molar-refractivity contribution is 6.31. The smallest absolute Gasteiger partial charge is 0.308 e. The monoisotopic (exact) mass is 385 g/mol. The largest absolute Gasteiger partial charge is 0.343 e. The molecule has 3 aromatic rings. The molecule has 0 saturated heterocycles. The fourth-order valence-corrected chi connectivity index (χ4v) is 2.86. The Bertz CT molecular complexity index is 1040. The van der Waals surface area contributed by atoms with Gasteiger partial charge < -0.3 is 10.6 Å². The molecule has 3 rings (SSSR count). The number of nitrogens with one attached hydrogen (secondary N) is 3. The van der Waals surface area contributed by atoms with Gasteiger partial charge in [-0.2, -0.15) is 5.10 Å². The Kier molecular flexibility index (Phi) is 5.32. The van der Waals surface area contributed by atoms with Crippen molar-refractivity contribution in [2.45, 2.75) is 26.8 Å². The minimum Gasteiger partial charge on any atom is -0.308 e. The van der Waals surface area contributed by atoms with Gasteiger partial charge in [-0.3, -0.25) is 4.57 Å². The molecule has 0 bridgehead atoms. The number of aromatic nitrogens is 3. The zero-order chi connectivity index (χ0) is 19.6. The van der Waals surface area contributed by atoms with E-state index in [4.69, 9.17) is 11.6 Å². The van der Waals surface area contributed by atoms with E-state index in [0.717, 1.165) is 11.1 Å². The fourth-order valence-electron chi connectivity index (χ4n) is 2.74. The fraction of sp³-hybridized carbons (Fsp3) is 0.211. The van der Waals surface area contributed by atoms with E-state index >= 15 is 0 Å². The number of halogens is 1. The van der Waals surface area contributed by atoms with Crippen LogP contribution in [0.3, 0.4) is 0 Å². The maximum Gasteiger partial charge on any atom is 0.343 e. The highest BCUT2D eigenvalue weighted by atomic mass is 35.5. The van der Waals surface area contributed by atoms with Gasteiger partial charge in [-0.1, -0.05) is 23.7 Å². The molecule has 27 heavy (non-hydrogen) atoms. The SMILES string of the molecule is Cc1cc(NC(=O)Nc2cccc(-c3n[nH]c(=O)n3C(C)C)c2)ccc1Cl. The molecule has 0 radical (unpaired) electrons. The first-order chi connectivity index (χ1) is 12.8. The Morgan fingerprint density at radius 1 is 1.15 bits per heavy atom. The summed E-state index contributed by atoms with van der Waals surface area (Å²) in [6.45, 7) is 5.68. The number of rotatable bonds is 4. The molecule has 2 aromatic carbocycles. The molecular weight excluding hydrogens is 366 g/mol. The van der Waals surface area contributed by atoms with Crippen molar-refractivity contribution >= 4 is 29.0 Å². The number of aryl methyl sites for hydroxylation is 1. The van der Waals surface area contributed by atoms with Crippen molar-refractivity contribution in [3.8, 4) is 11.4 Å². The van der Waals surface area contributed by atoms with Gasteiger partial charge >= 0.3 is 11.7 Å². The third kappa shape index (κ3) is 4.20. The lowest BCUT2D eigenvalue weighted by molar-refractivity contribution is 0.262. The summed E-state index contributed by atoms with van der Waals surface area (Å²) in [6, 6.07) is 12.0. The van der Waals surface area contributed by atoms with Crippen LogP contribution in [-0.2, 0) is 0 Å². The van der Waals surface area contributed by atoms with Gasteiger partial charge in [0.1, 0.15) is 0 Å². The van der Waals surface area contributed by atoms with Gasteiger partial charge in [0.2, 0.25) is 0 Å². The van der Waals surface area contributed by atoms with Gasteiger partial charge in [-0.15, -0.1) is 0 Å². The first-order valence-corrected chi connectivity index (χ1v) is 8.84. The molecule has 0 spiro atoms. The second-order valence-corrected chi connectivity index (χ2v) is 6.85. The summed E-state index contributed by atoms with van der Waals surface area (Å²) in [5.74, 6) is 0.521. The van der Waals surface area contributed by atoms with Gasteiger partial charge in [0.15, 0.2) is 5.82 Å². The summed E-state index contributed by atoms with van der Waals surface area (Å²) in [5.41, 5.74) is 2.56. The lowest BCUT2D eigenvalue weighted by atomic mass is 10.2. The highest BCUT2D eigenvalue weighted by Gasteiger charge is 2.14. The number of carbonyl (C=O) groups is 1. The number of hydrogen-bond donors (Lipinski definition) is 3. The summed E-state index contributed by atoms with van der Waals surface area (Å²) >= 11 is 6.00. The number of urea groups is 1. The summed E-state index contributed by atoms with van der Waals surface area (Å²) in [6.07, 6.45) is 0. The number of H-pyrrole nitrogens is 1. The molecule has 0 unspecified atom stereocenters. The van der Waals surface area contributed by atoms with Crippen molar-refractivity contribution in [2.24, 2.45) is 0 Å². The number of aromatic amines is 1. The highest BCUT2D eigenvalue weighted by Crippen LogP contribution is 2.23. The Labute approximate surface area is 161 Å². The maximum atomic E-state index is 12.3. The van der Waals surface area contributed by atoms with Gasteiger partial charge in [0.25, 0.3) is 0 Å². The first kappa shape index (κ1) is 18.7. The normalized spacial score (nSPS) is 10.9. The standard InChI is InChI=1S/C19H20ClN5O2/c1-11(2)25-17(23-24-19(25)27)13-5-4-6-14(10-13)21-18(26)22-15-7-8-16(20)12(3)9-15/h4-11H,1-3H3,(H,24,27)(H2,21,22,26). The quantitative estimate of drug-likeness (QED) is 0.620. The summed E-state index contributed by atoms with van der Waals surface area (Å²) in [4.78, 5) is 24.2. The van der Waals surface area contributed by atoms with Gasteiger partial charge in [0.05, 0.1) is 0 Å². The molecule has 0 aliphatic rings. The van der Waals surface area contributed by atoms with Gasteiger partial charge in [-0.25, -0.2) is 14.7 Å². The molecule has 1 heterocycles. The molecule has 1 aromatic heterocycles. The number of hydrogen-bond acceptors (Lipinski definition) is 3. The Balaban J connectivity index is 1.79. The van der Waals surface area contributed by atoms with Crippen molar-refractivity contribution in [1.82, 2.24) is 14.8 Å².